The average Bonchev–Trinajstić information content (AvgIpc) is 2.85. The second kappa shape index (κ2) is 5.39. The highest BCUT2D eigenvalue weighted by molar-refractivity contribution is 5.47. The van der Waals surface area contributed by atoms with Crippen molar-refractivity contribution in [3.05, 3.63) is 29.9 Å². The average molecular weight is 255 g/mol. The van der Waals surface area contributed by atoms with Gasteiger partial charge in [-0.25, -0.2) is 13.8 Å². The van der Waals surface area contributed by atoms with Crippen LogP contribution in [0.5, 0.6) is 0 Å². The zero-order chi connectivity index (χ0) is 13.0. The lowest BCUT2D eigenvalue weighted by atomic mass is 10.3. The molecule has 2 rings (SSSR count). The van der Waals surface area contributed by atoms with E-state index in [1.807, 2.05) is 0 Å². The topological polar surface area (TPSA) is 75.9 Å². The largest absolute Gasteiger partial charge is 0.371 e. The van der Waals surface area contributed by atoms with Gasteiger partial charge in [0.2, 0.25) is 6.39 Å². The van der Waals surface area contributed by atoms with Crippen molar-refractivity contribution in [3.63, 3.8) is 0 Å². The van der Waals surface area contributed by atoms with E-state index in [0.29, 0.717) is 18.8 Å². The van der Waals surface area contributed by atoms with E-state index < -0.39 is 11.6 Å². The zero-order valence-electron chi connectivity index (χ0n) is 9.57. The monoisotopic (exact) mass is 255 g/mol. The molecule has 2 aromatic heterocycles. The van der Waals surface area contributed by atoms with Gasteiger partial charge >= 0.3 is 0 Å². The minimum Gasteiger partial charge on any atom is -0.371 e. The normalized spacial score (nSPS) is 10.4. The molecular formula is C10H11F2N5O. The van der Waals surface area contributed by atoms with Gasteiger partial charge in [0.25, 0.3) is 0 Å². The smallest absolute Gasteiger partial charge is 0.213 e. The van der Waals surface area contributed by atoms with Gasteiger partial charge in [-0.3, -0.25) is 0 Å². The number of pyridine rings is 1. The molecule has 0 aliphatic rings. The maximum atomic E-state index is 13.4. The van der Waals surface area contributed by atoms with Crippen LogP contribution in [0.2, 0.25) is 0 Å². The van der Waals surface area contributed by atoms with Gasteiger partial charge in [-0.15, -0.1) is 0 Å². The first-order chi connectivity index (χ1) is 8.70. The van der Waals surface area contributed by atoms with Gasteiger partial charge in [0, 0.05) is 26.1 Å². The Balaban J connectivity index is 2.00. The standard InChI is InChI=1S/C10H11F2N5O/c1-13-9-6(11)4-7(12)10(16-9)14-3-2-8-15-5-18-17-8/h4-5H,2-3H2,1H3,(H2,13,14,16). The Morgan fingerprint density at radius 1 is 1.28 bits per heavy atom. The van der Waals surface area contributed by atoms with E-state index in [0.717, 1.165) is 6.07 Å². The summed E-state index contributed by atoms with van der Waals surface area (Å²) in [5, 5.41) is 8.88. The van der Waals surface area contributed by atoms with Gasteiger partial charge in [-0.2, -0.15) is 4.98 Å². The van der Waals surface area contributed by atoms with E-state index >= 15 is 0 Å². The molecule has 0 amide bonds. The quantitative estimate of drug-likeness (QED) is 0.842. The molecule has 0 atom stereocenters. The van der Waals surface area contributed by atoms with Crippen molar-refractivity contribution in [2.75, 3.05) is 24.2 Å². The van der Waals surface area contributed by atoms with Gasteiger partial charge in [0.05, 0.1) is 0 Å². The molecule has 0 fully saturated rings. The van der Waals surface area contributed by atoms with E-state index in [-0.39, 0.29) is 11.6 Å². The summed E-state index contributed by atoms with van der Waals surface area (Å²) in [5.74, 6) is -1.03. The van der Waals surface area contributed by atoms with Crippen molar-refractivity contribution in [3.8, 4) is 0 Å². The first-order valence-corrected chi connectivity index (χ1v) is 5.23. The van der Waals surface area contributed by atoms with Crippen molar-refractivity contribution >= 4 is 11.6 Å². The van der Waals surface area contributed by atoms with E-state index in [4.69, 9.17) is 0 Å². The lowest BCUT2D eigenvalue weighted by Crippen LogP contribution is -2.10. The van der Waals surface area contributed by atoms with Gasteiger partial charge in [0.1, 0.15) is 0 Å². The lowest BCUT2D eigenvalue weighted by molar-refractivity contribution is 0.410. The molecule has 0 aliphatic heterocycles. The third kappa shape index (κ3) is 2.70. The first-order valence-electron chi connectivity index (χ1n) is 5.23. The number of anilines is 2. The van der Waals surface area contributed by atoms with Crippen molar-refractivity contribution in [1.29, 1.82) is 0 Å². The third-order valence-corrected chi connectivity index (χ3v) is 2.21. The Hall–Kier alpha value is -2.25. The highest BCUT2D eigenvalue weighted by Gasteiger charge is 2.10. The molecule has 6 nitrogen and oxygen atoms in total. The predicted octanol–water partition coefficient (Wildman–Crippen LogP) is 1.44. The molecule has 2 N–H and O–H groups in total. The number of hydrogen-bond acceptors (Lipinski definition) is 6. The second-order valence-corrected chi connectivity index (χ2v) is 3.42. The molecule has 2 heterocycles. The number of nitrogens with one attached hydrogen (secondary N) is 2. The highest BCUT2D eigenvalue weighted by Crippen LogP contribution is 2.18. The van der Waals surface area contributed by atoms with E-state index in [1.54, 1.807) is 0 Å². The van der Waals surface area contributed by atoms with Gasteiger partial charge in [-0.05, 0) is 0 Å². The molecule has 0 unspecified atom stereocenters. The molecule has 0 spiro atoms. The summed E-state index contributed by atoms with van der Waals surface area (Å²) in [5.41, 5.74) is 0. The van der Waals surface area contributed by atoms with Crippen LogP contribution in [0, 0.1) is 11.6 Å². The van der Waals surface area contributed by atoms with Crippen molar-refractivity contribution in [2.45, 2.75) is 6.42 Å². The predicted molar refractivity (Wildman–Crippen MR) is 60.2 cm³/mol. The van der Waals surface area contributed by atoms with Crippen LogP contribution in [0.15, 0.2) is 17.0 Å². The minimum absolute atomic E-state index is 0.0153. The molecule has 0 aliphatic carbocycles. The molecule has 8 heteroatoms. The van der Waals surface area contributed by atoms with E-state index in [9.17, 15) is 8.78 Å². The first kappa shape index (κ1) is 12.2. The number of halogens is 2. The van der Waals surface area contributed by atoms with Crippen LogP contribution in [0.3, 0.4) is 0 Å². The Morgan fingerprint density at radius 3 is 2.72 bits per heavy atom. The van der Waals surface area contributed by atoms with E-state index in [1.165, 1.54) is 13.4 Å². The van der Waals surface area contributed by atoms with Crippen LogP contribution < -0.4 is 10.6 Å². The maximum absolute atomic E-state index is 13.4. The molecule has 2 aromatic rings. The fourth-order valence-electron chi connectivity index (χ4n) is 1.36. The second-order valence-electron chi connectivity index (χ2n) is 3.42. The Morgan fingerprint density at radius 2 is 2.06 bits per heavy atom. The number of nitrogens with zero attached hydrogens (tertiary/aromatic N) is 3. The maximum Gasteiger partial charge on any atom is 0.213 e. The molecule has 0 radical (unpaired) electrons. The Bertz CT molecular complexity index is 517. The minimum atomic E-state index is -0.750. The number of aromatic nitrogens is 3. The van der Waals surface area contributed by atoms with Crippen molar-refractivity contribution in [2.24, 2.45) is 0 Å². The number of rotatable bonds is 5. The summed E-state index contributed by atoms with van der Waals surface area (Å²) >= 11 is 0. The Kier molecular flexibility index (Phi) is 3.66. The summed E-state index contributed by atoms with van der Waals surface area (Å²) in [4.78, 5) is 7.59. The molecular weight excluding hydrogens is 244 g/mol. The molecule has 0 saturated heterocycles. The fraction of sp³-hybridized carbons (Fsp3) is 0.300. The summed E-state index contributed by atoms with van der Waals surface area (Å²) in [6.45, 7) is 0.359. The third-order valence-electron chi connectivity index (χ3n) is 2.21. The van der Waals surface area contributed by atoms with Crippen LogP contribution in [0.25, 0.3) is 0 Å². The van der Waals surface area contributed by atoms with Crippen molar-refractivity contribution in [1.82, 2.24) is 15.1 Å². The van der Waals surface area contributed by atoms with Gasteiger partial charge in [0.15, 0.2) is 29.1 Å². The molecule has 0 bridgehead atoms. The summed E-state index contributed by atoms with van der Waals surface area (Å²) in [6.07, 6.45) is 1.66. The zero-order valence-corrected chi connectivity index (χ0v) is 9.57. The Labute approximate surface area is 101 Å². The van der Waals surface area contributed by atoms with Crippen LogP contribution in [-0.4, -0.2) is 28.7 Å². The molecule has 0 saturated carbocycles. The number of hydrogen-bond donors (Lipinski definition) is 2. The van der Waals surface area contributed by atoms with Crippen LogP contribution >= 0.6 is 0 Å². The molecule has 96 valence electrons. The molecule has 0 aromatic carbocycles. The van der Waals surface area contributed by atoms with Gasteiger partial charge in [-0.1, -0.05) is 5.16 Å². The summed E-state index contributed by atoms with van der Waals surface area (Å²) < 4.78 is 31.1. The fourth-order valence-corrected chi connectivity index (χ4v) is 1.36. The highest BCUT2D eigenvalue weighted by atomic mass is 19.1. The SMILES string of the molecule is CNc1nc(NCCc2ncon2)c(F)cc1F. The molecule has 18 heavy (non-hydrogen) atoms. The van der Waals surface area contributed by atoms with E-state index in [2.05, 4.69) is 30.3 Å². The summed E-state index contributed by atoms with van der Waals surface area (Å²) in [6, 6.07) is 0.773. The lowest BCUT2D eigenvalue weighted by Gasteiger charge is -2.08. The van der Waals surface area contributed by atoms with Crippen LogP contribution in [0.1, 0.15) is 5.82 Å². The summed E-state index contributed by atoms with van der Waals surface area (Å²) in [7, 11) is 1.51. The van der Waals surface area contributed by atoms with Gasteiger partial charge < -0.3 is 15.2 Å². The van der Waals surface area contributed by atoms with Crippen molar-refractivity contribution < 1.29 is 13.3 Å². The van der Waals surface area contributed by atoms with Crippen LogP contribution in [0.4, 0.5) is 20.4 Å². The van der Waals surface area contributed by atoms with Crippen LogP contribution in [-0.2, 0) is 6.42 Å².